The van der Waals surface area contributed by atoms with E-state index in [2.05, 4.69) is 33.1 Å². The summed E-state index contributed by atoms with van der Waals surface area (Å²) in [5.74, 6) is 0.829. The first-order chi connectivity index (χ1) is 13.3. The summed E-state index contributed by atoms with van der Waals surface area (Å²) in [6.45, 7) is 5.66. The quantitative estimate of drug-likeness (QED) is 0.697. The number of aryl methyl sites for hydroxylation is 1. The highest BCUT2D eigenvalue weighted by Crippen LogP contribution is 2.21. The fourth-order valence-corrected chi connectivity index (χ4v) is 3.46. The first-order valence-electron chi connectivity index (χ1n) is 9.49. The number of morpholine rings is 1. The van der Waals surface area contributed by atoms with Crippen LogP contribution in [0.4, 0.5) is 5.69 Å². The number of amides is 1. The number of nitrogens with zero attached hydrogens (tertiary/aromatic N) is 2. The van der Waals surface area contributed by atoms with Crippen LogP contribution in [0.25, 0.3) is 10.9 Å². The van der Waals surface area contributed by atoms with Crippen molar-refractivity contribution in [3.05, 3.63) is 54.6 Å². The normalized spacial score (nSPS) is 15.3. The van der Waals surface area contributed by atoms with Gasteiger partial charge in [0.2, 0.25) is 5.91 Å². The van der Waals surface area contributed by atoms with E-state index in [4.69, 9.17) is 9.15 Å². The van der Waals surface area contributed by atoms with E-state index in [0.29, 0.717) is 12.8 Å². The molecule has 1 saturated heterocycles. The van der Waals surface area contributed by atoms with Gasteiger partial charge in [-0.25, -0.2) is 0 Å². The molecule has 1 aliphatic heterocycles. The maximum Gasteiger partial charge on any atom is 0.224 e. The Labute approximate surface area is 158 Å². The molecule has 0 unspecified atom stereocenters. The van der Waals surface area contributed by atoms with Crippen LogP contribution in [0, 0.1) is 0 Å². The molecule has 3 heterocycles. The van der Waals surface area contributed by atoms with Crippen molar-refractivity contribution in [2.75, 3.05) is 38.2 Å². The van der Waals surface area contributed by atoms with Gasteiger partial charge in [0.1, 0.15) is 5.76 Å². The van der Waals surface area contributed by atoms with Gasteiger partial charge in [0.25, 0.3) is 0 Å². The van der Waals surface area contributed by atoms with Crippen LogP contribution in [0.15, 0.2) is 53.3 Å². The van der Waals surface area contributed by atoms with Crippen molar-refractivity contribution in [2.24, 2.45) is 0 Å². The van der Waals surface area contributed by atoms with Crippen LogP contribution < -0.4 is 5.32 Å². The lowest BCUT2D eigenvalue weighted by molar-refractivity contribution is -0.116. The molecular formula is C21H25N3O3. The van der Waals surface area contributed by atoms with Crippen molar-refractivity contribution in [1.29, 1.82) is 0 Å². The Hall–Kier alpha value is -2.57. The average molecular weight is 367 g/mol. The van der Waals surface area contributed by atoms with Crippen LogP contribution in [0.1, 0.15) is 12.2 Å². The molecule has 6 heteroatoms. The summed E-state index contributed by atoms with van der Waals surface area (Å²) in [4.78, 5) is 14.6. The minimum atomic E-state index is -0.00231. The number of hydrogen-bond acceptors (Lipinski definition) is 4. The van der Waals surface area contributed by atoms with Crippen LogP contribution in [-0.4, -0.2) is 48.2 Å². The zero-order valence-electron chi connectivity index (χ0n) is 15.4. The summed E-state index contributed by atoms with van der Waals surface area (Å²) in [6.07, 6.45) is 4.77. The molecule has 0 radical (unpaired) electrons. The summed E-state index contributed by atoms with van der Waals surface area (Å²) >= 11 is 0. The minimum absolute atomic E-state index is 0.00231. The van der Waals surface area contributed by atoms with Gasteiger partial charge in [0, 0.05) is 61.8 Å². The molecule has 1 fully saturated rings. The lowest BCUT2D eigenvalue weighted by Crippen LogP contribution is -2.38. The van der Waals surface area contributed by atoms with E-state index < -0.39 is 0 Å². The highest BCUT2D eigenvalue weighted by Gasteiger charge is 2.11. The number of furan rings is 1. The maximum atomic E-state index is 12.2. The summed E-state index contributed by atoms with van der Waals surface area (Å²) in [7, 11) is 0. The largest absolute Gasteiger partial charge is 0.469 e. The van der Waals surface area contributed by atoms with E-state index in [1.807, 2.05) is 24.3 Å². The lowest BCUT2D eigenvalue weighted by atomic mass is 10.2. The first kappa shape index (κ1) is 17.8. The minimum Gasteiger partial charge on any atom is -0.469 e. The number of ether oxygens (including phenoxy) is 1. The van der Waals surface area contributed by atoms with E-state index >= 15 is 0 Å². The number of aromatic nitrogens is 1. The maximum absolute atomic E-state index is 12.2. The molecule has 1 amide bonds. The molecule has 0 atom stereocenters. The number of carbonyl (C=O) groups is 1. The molecule has 0 saturated carbocycles. The van der Waals surface area contributed by atoms with E-state index in [1.165, 1.54) is 5.52 Å². The third kappa shape index (κ3) is 4.59. The topological polar surface area (TPSA) is 59.6 Å². The monoisotopic (exact) mass is 367 g/mol. The van der Waals surface area contributed by atoms with Crippen molar-refractivity contribution >= 4 is 22.5 Å². The Morgan fingerprint density at radius 3 is 2.81 bits per heavy atom. The van der Waals surface area contributed by atoms with Gasteiger partial charge in [-0.05, 0) is 36.4 Å². The Kier molecular flexibility index (Phi) is 5.55. The van der Waals surface area contributed by atoms with Crippen molar-refractivity contribution < 1.29 is 13.9 Å². The van der Waals surface area contributed by atoms with Gasteiger partial charge in [-0.15, -0.1) is 0 Å². The van der Waals surface area contributed by atoms with E-state index in [1.54, 1.807) is 6.26 Å². The Bertz CT molecular complexity index is 879. The lowest BCUT2D eigenvalue weighted by Gasteiger charge is -2.26. The Morgan fingerprint density at radius 2 is 2.00 bits per heavy atom. The second-order valence-corrected chi connectivity index (χ2v) is 6.86. The number of carbonyl (C=O) groups excluding carboxylic acids is 1. The Balaban J connectivity index is 1.34. The summed E-state index contributed by atoms with van der Waals surface area (Å²) in [5, 5.41) is 4.12. The molecule has 1 aliphatic rings. The molecule has 1 aromatic carbocycles. The van der Waals surface area contributed by atoms with Gasteiger partial charge in [-0.2, -0.15) is 0 Å². The van der Waals surface area contributed by atoms with Crippen LogP contribution >= 0.6 is 0 Å². The highest BCUT2D eigenvalue weighted by atomic mass is 16.5. The second-order valence-electron chi connectivity index (χ2n) is 6.86. The number of benzene rings is 1. The molecule has 0 bridgehead atoms. The number of rotatable bonds is 7. The fourth-order valence-electron chi connectivity index (χ4n) is 3.46. The number of fused-ring (bicyclic) bond motifs is 1. The van der Waals surface area contributed by atoms with Gasteiger partial charge in [-0.3, -0.25) is 9.69 Å². The third-order valence-corrected chi connectivity index (χ3v) is 4.99. The van der Waals surface area contributed by atoms with Gasteiger partial charge in [-0.1, -0.05) is 0 Å². The molecule has 2 aromatic heterocycles. The molecule has 27 heavy (non-hydrogen) atoms. The standard InChI is InChI=1S/C21H25N3O3/c25-21(6-4-19-2-1-13-27-19)22-18-3-5-20-17(16-18)7-8-24(20)10-9-23-11-14-26-15-12-23/h1-3,5,7-8,13,16H,4,6,9-12,14-15H2,(H,22,25). The summed E-state index contributed by atoms with van der Waals surface area (Å²) in [6, 6.07) is 11.9. The predicted molar refractivity (Wildman–Crippen MR) is 105 cm³/mol. The molecule has 0 spiro atoms. The molecule has 1 N–H and O–H groups in total. The van der Waals surface area contributed by atoms with Crippen molar-refractivity contribution in [1.82, 2.24) is 9.47 Å². The van der Waals surface area contributed by atoms with E-state index in [0.717, 1.165) is 56.2 Å². The molecule has 4 rings (SSSR count). The van der Waals surface area contributed by atoms with E-state index in [9.17, 15) is 4.79 Å². The molecule has 6 nitrogen and oxygen atoms in total. The number of nitrogens with one attached hydrogen (secondary N) is 1. The smallest absolute Gasteiger partial charge is 0.224 e. The SMILES string of the molecule is O=C(CCc1ccco1)Nc1ccc2c(ccn2CCN2CCOCC2)c1. The van der Waals surface area contributed by atoms with Gasteiger partial charge < -0.3 is 19.0 Å². The predicted octanol–water partition coefficient (Wildman–Crippen LogP) is 3.14. The van der Waals surface area contributed by atoms with E-state index in [-0.39, 0.29) is 5.91 Å². The van der Waals surface area contributed by atoms with Gasteiger partial charge >= 0.3 is 0 Å². The number of hydrogen-bond donors (Lipinski definition) is 1. The first-order valence-corrected chi connectivity index (χ1v) is 9.49. The summed E-state index contributed by atoms with van der Waals surface area (Å²) in [5.41, 5.74) is 2.02. The number of anilines is 1. The van der Waals surface area contributed by atoms with Gasteiger partial charge in [0.15, 0.2) is 0 Å². The highest BCUT2D eigenvalue weighted by molar-refractivity contribution is 5.94. The molecular weight excluding hydrogens is 342 g/mol. The van der Waals surface area contributed by atoms with Crippen LogP contribution in [0.3, 0.4) is 0 Å². The average Bonchev–Trinajstić information content (AvgIpc) is 3.35. The van der Waals surface area contributed by atoms with Crippen molar-refractivity contribution in [3.63, 3.8) is 0 Å². The van der Waals surface area contributed by atoms with Crippen molar-refractivity contribution in [3.8, 4) is 0 Å². The van der Waals surface area contributed by atoms with Gasteiger partial charge in [0.05, 0.1) is 19.5 Å². The van der Waals surface area contributed by atoms with Crippen molar-refractivity contribution in [2.45, 2.75) is 19.4 Å². The molecule has 3 aromatic rings. The second kappa shape index (κ2) is 8.41. The molecule has 142 valence electrons. The zero-order chi connectivity index (χ0) is 18.5. The zero-order valence-corrected chi connectivity index (χ0v) is 15.4. The van der Waals surface area contributed by atoms with Crippen LogP contribution in [-0.2, 0) is 22.5 Å². The Morgan fingerprint density at radius 1 is 1.11 bits per heavy atom. The summed E-state index contributed by atoms with van der Waals surface area (Å²) < 4.78 is 12.9. The van der Waals surface area contributed by atoms with Crippen LogP contribution in [0.2, 0.25) is 0 Å². The molecule has 0 aliphatic carbocycles. The third-order valence-electron chi connectivity index (χ3n) is 4.99. The fraction of sp³-hybridized carbons (Fsp3) is 0.381. The van der Waals surface area contributed by atoms with Crippen LogP contribution in [0.5, 0.6) is 0 Å².